The van der Waals surface area contributed by atoms with E-state index in [1.54, 1.807) is 0 Å². The second kappa shape index (κ2) is 5.35. The molecule has 0 aliphatic rings. The Morgan fingerprint density at radius 2 is 2.22 bits per heavy atom. The van der Waals surface area contributed by atoms with E-state index in [1.165, 1.54) is 11.3 Å². The van der Waals surface area contributed by atoms with Crippen molar-refractivity contribution in [1.82, 2.24) is 20.3 Å². The van der Waals surface area contributed by atoms with Crippen LogP contribution in [0.25, 0.3) is 0 Å². The minimum Gasteiger partial charge on any atom is -0.361 e. The van der Waals surface area contributed by atoms with Gasteiger partial charge in [0.2, 0.25) is 0 Å². The van der Waals surface area contributed by atoms with Crippen LogP contribution in [0.1, 0.15) is 35.7 Å². The largest absolute Gasteiger partial charge is 0.361 e. The first kappa shape index (κ1) is 12.8. The molecule has 0 aromatic carbocycles. The van der Waals surface area contributed by atoms with Crippen LogP contribution < -0.4 is 5.32 Å². The summed E-state index contributed by atoms with van der Waals surface area (Å²) in [7, 11) is 1.97. The van der Waals surface area contributed by atoms with Gasteiger partial charge < -0.3 is 9.84 Å². The van der Waals surface area contributed by atoms with E-state index in [-0.39, 0.29) is 6.04 Å². The molecule has 1 atom stereocenters. The average molecular weight is 248 g/mol. The average Bonchev–Trinajstić information content (AvgIpc) is 2.86. The lowest BCUT2D eigenvalue weighted by molar-refractivity contribution is 0.390. The fraction of sp³-hybridized carbons (Fsp3) is 0.538. The summed E-state index contributed by atoms with van der Waals surface area (Å²) in [6.45, 7) is 6.97. The zero-order valence-corrected chi connectivity index (χ0v) is 11.4. The second-order valence-corrected chi connectivity index (χ2v) is 4.61. The third kappa shape index (κ3) is 2.61. The van der Waals surface area contributed by atoms with Gasteiger partial charge in [-0.1, -0.05) is 5.16 Å². The van der Waals surface area contributed by atoms with E-state index in [4.69, 9.17) is 4.52 Å². The molecule has 2 aromatic heterocycles. The van der Waals surface area contributed by atoms with Crippen molar-refractivity contribution in [3.05, 3.63) is 35.0 Å². The van der Waals surface area contributed by atoms with E-state index >= 15 is 0 Å². The highest BCUT2D eigenvalue weighted by molar-refractivity contribution is 5.24. The molecule has 0 saturated carbocycles. The monoisotopic (exact) mass is 248 g/mol. The Labute approximate surface area is 107 Å². The van der Waals surface area contributed by atoms with Crippen LogP contribution in [0.3, 0.4) is 0 Å². The zero-order chi connectivity index (χ0) is 13.1. The van der Waals surface area contributed by atoms with Gasteiger partial charge in [-0.3, -0.25) is 4.68 Å². The molecular weight excluding hydrogens is 228 g/mol. The summed E-state index contributed by atoms with van der Waals surface area (Å²) < 4.78 is 7.09. The molecule has 2 heterocycles. The van der Waals surface area contributed by atoms with Crippen LogP contribution in [0.5, 0.6) is 0 Å². The molecule has 1 N–H and O–H groups in total. The minimum absolute atomic E-state index is 0.254. The lowest BCUT2D eigenvalue weighted by Gasteiger charge is -2.13. The zero-order valence-electron chi connectivity index (χ0n) is 11.4. The number of nitrogens with one attached hydrogen (secondary N) is 1. The Hall–Kier alpha value is -1.62. The van der Waals surface area contributed by atoms with E-state index in [9.17, 15) is 0 Å². The summed E-state index contributed by atoms with van der Waals surface area (Å²) in [5.41, 5.74) is 3.36. The van der Waals surface area contributed by atoms with Gasteiger partial charge in [0.05, 0.1) is 5.69 Å². The van der Waals surface area contributed by atoms with E-state index in [2.05, 4.69) is 22.5 Å². The molecule has 5 heteroatoms. The molecule has 2 rings (SSSR count). The van der Waals surface area contributed by atoms with Crippen molar-refractivity contribution in [2.75, 3.05) is 6.54 Å². The van der Waals surface area contributed by atoms with Gasteiger partial charge in [-0.15, -0.1) is 0 Å². The lowest BCUT2D eigenvalue weighted by atomic mass is 10.1. The topological polar surface area (TPSA) is 55.9 Å². The number of hydrogen-bond acceptors (Lipinski definition) is 4. The van der Waals surface area contributed by atoms with Crippen LogP contribution in [0.2, 0.25) is 0 Å². The predicted molar refractivity (Wildman–Crippen MR) is 69.3 cm³/mol. The Kier molecular flexibility index (Phi) is 3.81. The summed E-state index contributed by atoms with van der Waals surface area (Å²) >= 11 is 0. The van der Waals surface area contributed by atoms with Gasteiger partial charge in [0.1, 0.15) is 5.76 Å². The molecule has 0 spiro atoms. The molecule has 2 aromatic rings. The van der Waals surface area contributed by atoms with Crippen molar-refractivity contribution in [3.63, 3.8) is 0 Å². The Balaban J connectivity index is 1.89. The highest BCUT2D eigenvalue weighted by Crippen LogP contribution is 2.20. The first-order valence-corrected chi connectivity index (χ1v) is 6.22. The fourth-order valence-corrected chi connectivity index (χ4v) is 2.27. The molecule has 0 amide bonds. The molecule has 1 unspecified atom stereocenters. The van der Waals surface area contributed by atoms with E-state index < -0.39 is 0 Å². The molecule has 0 radical (unpaired) electrons. The van der Waals surface area contributed by atoms with Crippen LogP contribution in [0.4, 0.5) is 0 Å². The number of rotatable bonds is 5. The summed E-state index contributed by atoms with van der Waals surface area (Å²) in [5, 5.41) is 11.6. The number of nitrogens with zero attached hydrogens (tertiary/aromatic N) is 3. The molecule has 0 saturated heterocycles. The lowest BCUT2D eigenvalue weighted by Crippen LogP contribution is -2.22. The maximum atomic E-state index is 5.18. The second-order valence-electron chi connectivity index (χ2n) is 4.61. The quantitative estimate of drug-likeness (QED) is 0.878. The van der Waals surface area contributed by atoms with Gasteiger partial charge in [0, 0.05) is 43.5 Å². The molecular formula is C13H20N4O. The van der Waals surface area contributed by atoms with Gasteiger partial charge >= 0.3 is 0 Å². The van der Waals surface area contributed by atoms with Gasteiger partial charge in [0.15, 0.2) is 0 Å². The normalized spacial score (nSPS) is 12.9. The van der Waals surface area contributed by atoms with Gasteiger partial charge in [-0.2, -0.15) is 5.10 Å². The van der Waals surface area contributed by atoms with Gasteiger partial charge in [-0.05, 0) is 26.8 Å². The smallest absolute Gasteiger partial charge is 0.138 e. The maximum absolute atomic E-state index is 5.18. The number of aryl methyl sites for hydroxylation is 3. The highest BCUT2D eigenvalue weighted by Gasteiger charge is 2.15. The number of aromatic nitrogens is 3. The van der Waals surface area contributed by atoms with E-state index in [1.807, 2.05) is 37.8 Å². The maximum Gasteiger partial charge on any atom is 0.138 e. The summed E-state index contributed by atoms with van der Waals surface area (Å²) in [4.78, 5) is 0. The predicted octanol–water partition coefficient (Wildman–Crippen LogP) is 1.92. The third-order valence-corrected chi connectivity index (χ3v) is 3.28. The van der Waals surface area contributed by atoms with Crippen LogP contribution in [0, 0.1) is 13.8 Å². The third-order valence-electron chi connectivity index (χ3n) is 3.28. The molecule has 0 bridgehead atoms. The van der Waals surface area contributed by atoms with Crippen molar-refractivity contribution in [2.45, 2.75) is 33.2 Å². The van der Waals surface area contributed by atoms with Crippen molar-refractivity contribution < 1.29 is 4.52 Å². The van der Waals surface area contributed by atoms with Gasteiger partial charge in [0.25, 0.3) is 0 Å². The van der Waals surface area contributed by atoms with Crippen molar-refractivity contribution in [2.24, 2.45) is 7.05 Å². The first-order valence-electron chi connectivity index (χ1n) is 6.22. The summed E-state index contributed by atoms with van der Waals surface area (Å²) in [6, 6.07) is 2.30. The number of hydrogen-bond donors (Lipinski definition) is 1. The van der Waals surface area contributed by atoms with Crippen molar-refractivity contribution in [1.29, 1.82) is 0 Å². The summed E-state index contributed by atoms with van der Waals surface area (Å²) in [5.74, 6) is 0.896. The fourth-order valence-electron chi connectivity index (χ4n) is 2.27. The van der Waals surface area contributed by atoms with Crippen LogP contribution in [-0.4, -0.2) is 21.5 Å². The van der Waals surface area contributed by atoms with Crippen LogP contribution in [-0.2, 0) is 13.5 Å². The highest BCUT2D eigenvalue weighted by atomic mass is 16.5. The van der Waals surface area contributed by atoms with E-state index in [0.29, 0.717) is 0 Å². The Bertz CT molecular complexity index is 495. The first-order chi connectivity index (χ1) is 8.59. The molecule has 98 valence electrons. The molecule has 18 heavy (non-hydrogen) atoms. The SMILES string of the molecule is Cc1noc(C)c1C(C)NCCc1ccnn1C. The Morgan fingerprint density at radius 3 is 2.78 bits per heavy atom. The minimum atomic E-state index is 0.254. The van der Waals surface area contributed by atoms with Crippen LogP contribution in [0.15, 0.2) is 16.8 Å². The standard InChI is InChI=1S/C13H20N4O/c1-9(13-10(2)16-18-11(13)3)14-7-5-12-6-8-15-17(12)4/h6,8-9,14H,5,7H2,1-4H3. The molecule has 0 aliphatic heterocycles. The summed E-state index contributed by atoms with van der Waals surface area (Å²) in [6.07, 6.45) is 2.79. The molecule has 5 nitrogen and oxygen atoms in total. The van der Waals surface area contributed by atoms with Crippen molar-refractivity contribution in [3.8, 4) is 0 Å². The van der Waals surface area contributed by atoms with Crippen molar-refractivity contribution >= 4 is 0 Å². The molecule has 0 fully saturated rings. The van der Waals surface area contributed by atoms with Gasteiger partial charge in [-0.25, -0.2) is 0 Å². The van der Waals surface area contributed by atoms with E-state index in [0.717, 1.165) is 24.4 Å². The molecule has 0 aliphatic carbocycles. The Morgan fingerprint density at radius 1 is 1.44 bits per heavy atom. The van der Waals surface area contributed by atoms with Crippen LogP contribution >= 0.6 is 0 Å².